The average molecular weight is 395 g/mol. The normalized spacial score (nSPS) is 23.0. The maximum atomic E-state index is 14.4. The van der Waals surface area contributed by atoms with E-state index in [1.807, 2.05) is 103 Å². The van der Waals surface area contributed by atoms with Gasteiger partial charge in [0.1, 0.15) is 16.8 Å². The number of hydrogen-bond acceptors (Lipinski definition) is 2. The minimum absolute atomic E-state index is 0.0154. The molecule has 1 aliphatic rings. The summed E-state index contributed by atoms with van der Waals surface area (Å²) in [5, 5.41) is 1.63. The lowest BCUT2D eigenvalue weighted by atomic mass is 10.2. The molecule has 4 rings (SSSR count). The van der Waals surface area contributed by atoms with Crippen LogP contribution in [0.15, 0.2) is 89.8 Å². The molecule has 5 heteroatoms. The Kier molecular flexibility index (Phi) is 4.90. The van der Waals surface area contributed by atoms with Crippen LogP contribution in [0.1, 0.15) is 12.5 Å². The van der Waals surface area contributed by atoms with Gasteiger partial charge in [0, 0.05) is 16.7 Å². The van der Waals surface area contributed by atoms with E-state index in [4.69, 9.17) is 0 Å². The minimum Gasteiger partial charge on any atom is -0.312 e. The molecule has 1 heterocycles. The molecule has 0 radical (unpaired) electrons. The van der Waals surface area contributed by atoms with Crippen LogP contribution in [-0.2, 0) is 15.6 Å². The van der Waals surface area contributed by atoms with Crippen molar-refractivity contribution in [2.75, 3.05) is 0 Å². The standard InChI is InChI=1S/C22H22NO2PS/c1-17-13-15-21(16-14-17)27(25)23-18(2)22(23)26(24,19-9-5-3-6-10-19)20-11-7-4-8-12-20/h3-16,18,22H,1-2H3/t18-,22+,23?,27-/m0/s1. The highest BCUT2D eigenvalue weighted by atomic mass is 32.2. The van der Waals surface area contributed by atoms with E-state index in [9.17, 15) is 8.77 Å². The molecule has 4 atom stereocenters. The lowest BCUT2D eigenvalue weighted by Gasteiger charge is -2.19. The van der Waals surface area contributed by atoms with Gasteiger partial charge in [0.2, 0.25) is 0 Å². The van der Waals surface area contributed by atoms with Crippen LogP contribution in [0.5, 0.6) is 0 Å². The zero-order chi connectivity index (χ0) is 19.0. The van der Waals surface area contributed by atoms with Crippen LogP contribution in [0.25, 0.3) is 0 Å². The lowest BCUT2D eigenvalue weighted by molar-refractivity contribution is 0.582. The van der Waals surface area contributed by atoms with Crippen molar-refractivity contribution in [1.82, 2.24) is 4.31 Å². The van der Waals surface area contributed by atoms with E-state index < -0.39 is 18.1 Å². The maximum absolute atomic E-state index is 14.4. The van der Waals surface area contributed by atoms with Gasteiger partial charge in [0.25, 0.3) is 0 Å². The Balaban J connectivity index is 1.75. The van der Waals surface area contributed by atoms with Gasteiger partial charge in [-0.05, 0) is 26.0 Å². The summed E-state index contributed by atoms with van der Waals surface area (Å²) in [6.45, 7) is 4.02. The van der Waals surface area contributed by atoms with E-state index in [1.165, 1.54) is 0 Å². The molecule has 1 unspecified atom stereocenters. The highest BCUT2D eigenvalue weighted by Gasteiger charge is 2.59. The summed E-state index contributed by atoms with van der Waals surface area (Å²) in [6.07, 6.45) is 0. The Bertz CT molecular complexity index is 962. The first kappa shape index (κ1) is 18.4. The number of aryl methyl sites for hydroxylation is 1. The predicted octanol–water partition coefficient (Wildman–Crippen LogP) is 4.06. The summed E-state index contributed by atoms with van der Waals surface area (Å²) in [5.41, 5.74) is 1.13. The molecule has 0 saturated carbocycles. The largest absolute Gasteiger partial charge is 0.312 e. The van der Waals surface area contributed by atoms with Gasteiger partial charge in [-0.25, -0.2) is 8.51 Å². The van der Waals surface area contributed by atoms with Crippen LogP contribution < -0.4 is 10.6 Å². The summed E-state index contributed by atoms with van der Waals surface area (Å²) in [5.74, 6) is -0.260. The molecule has 3 aromatic carbocycles. The van der Waals surface area contributed by atoms with Gasteiger partial charge < -0.3 is 4.57 Å². The van der Waals surface area contributed by atoms with Crippen LogP contribution in [0.2, 0.25) is 0 Å². The molecule has 1 saturated heterocycles. The molecule has 0 bridgehead atoms. The van der Waals surface area contributed by atoms with Gasteiger partial charge in [-0.15, -0.1) is 0 Å². The van der Waals surface area contributed by atoms with Gasteiger partial charge in [0.15, 0.2) is 7.14 Å². The Morgan fingerprint density at radius 2 is 1.30 bits per heavy atom. The number of hydrogen-bond donors (Lipinski definition) is 0. The second-order valence-corrected chi connectivity index (χ2v) is 11.2. The zero-order valence-corrected chi connectivity index (χ0v) is 17.1. The van der Waals surface area contributed by atoms with Crippen LogP contribution in [0.3, 0.4) is 0 Å². The molecule has 138 valence electrons. The summed E-state index contributed by atoms with van der Waals surface area (Å²) in [7, 11) is -4.27. The molecule has 1 fully saturated rings. The highest BCUT2D eigenvalue weighted by molar-refractivity contribution is 7.85. The van der Waals surface area contributed by atoms with E-state index >= 15 is 0 Å². The summed E-state index contributed by atoms with van der Waals surface area (Å²) < 4.78 is 29.5. The van der Waals surface area contributed by atoms with E-state index in [0.717, 1.165) is 21.1 Å². The Hall–Kier alpha value is -2.00. The Labute approximate surface area is 163 Å². The third-order valence-electron chi connectivity index (χ3n) is 5.07. The second-order valence-electron chi connectivity index (χ2n) is 6.91. The van der Waals surface area contributed by atoms with Crippen molar-refractivity contribution in [3.8, 4) is 0 Å². The minimum atomic E-state index is -2.95. The molecule has 0 N–H and O–H groups in total. The fourth-order valence-corrected chi connectivity index (χ4v) is 8.99. The summed E-state index contributed by atoms with van der Waals surface area (Å²) >= 11 is 0. The van der Waals surface area contributed by atoms with Crippen molar-refractivity contribution in [2.45, 2.75) is 30.6 Å². The van der Waals surface area contributed by atoms with Crippen LogP contribution in [0, 0.1) is 6.92 Å². The van der Waals surface area contributed by atoms with Crippen molar-refractivity contribution in [2.24, 2.45) is 0 Å². The molecule has 1 aliphatic heterocycles. The molecule has 0 spiro atoms. The van der Waals surface area contributed by atoms with Crippen molar-refractivity contribution in [3.05, 3.63) is 90.5 Å². The van der Waals surface area contributed by atoms with Crippen LogP contribution in [0.4, 0.5) is 0 Å². The van der Waals surface area contributed by atoms with E-state index in [0.29, 0.717) is 0 Å². The zero-order valence-electron chi connectivity index (χ0n) is 15.4. The molecule has 27 heavy (non-hydrogen) atoms. The first-order valence-electron chi connectivity index (χ1n) is 9.01. The van der Waals surface area contributed by atoms with E-state index in [1.54, 1.807) is 0 Å². The number of rotatable bonds is 5. The summed E-state index contributed by atoms with van der Waals surface area (Å²) in [4.78, 5) is 0.752. The highest BCUT2D eigenvalue weighted by Crippen LogP contribution is 2.60. The maximum Gasteiger partial charge on any atom is 0.162 e. The molecule has 0 amide bonds. The molecular formula is C22H22NO2PS. The van der Waals surface area contributed by atoms with Crippen LogP contribution >= 0.6 is 7.14 Å². The van der Waals surface area contributed by atoms with Crippen molar-refractivity contribution >= 4 is 28.7 Å². The summed E-state index contributed by atoms with van der Waals surface area (Å²) in [6, 6.07) is 26.9. The monoisotopic (exact) mass is 395 g/mol. The third kappa shape index (κ3) is 3.23. The quantitative estimate of drug-likeness (QED) is 0.483. The topological polar surface area (TPSA) is 37.1 Å². The van der Waals surface area contributed by atoms with Crippen LogP contribution in [-0.4, -0.2) is 20.3 Å². The second kappa shape index (κ2) is 7.20. The SMILES string of the molecule is Cc1ccc([S@](=O)N2[C@H](P(=O)(c3ccccc3)c3ccccc3)[C@@H]2C)cc1. The van der Waals surface area contributed by atoms with Gasteiger partial charge in [-0.3, -0.25) is 0 Å². The van der Waals surface area contributed by atoms with Crippen molar-refractivity contribution in [1.29, 1.82) is 0 Å². The molecule has 3 aromatic rings. The molecule has 3 nitrogen and oxygen atoms in total. The Morgan fingerprint density at radius 3 is 1.78 bits per heavy atom. The predicted molar refractivity (Wildman–Crippen MR) is 112 cm³/mol. The lowest BCUT2D eigenvalue weighted by Crippen LogP contribution is -2.22. The average Bonchev–Trinajstić information content (AvgIpc) is 3.40. The number of benzene rings is 3. The van der Waals surface area contributed by atoms with Gasteiger partial charge in [-0.2, -0.15) is 0 Å². The first-order chi connectivity index (χ1) is 13.0. The Morgan fingerprint density at radius 1 is 0.815 bits per heavy atom. The molecular weight excluding hydrogens is 373 g/mol. The van der Waals surface area contributed by atoms with E-state index in [-0.39, 0.29) is 11.8 Å². The van der Waals surface area contributed by atoms with E-state index in [2.05, 4.69) is 0 Å². The smallest absolute Gasteiger partial charge is 0.162 e. The first-order valence-corrected chi connectivity index (χ1v) is 11.9. The fraction of sp³-hybridized carbons (Fsp3) is 0.182. The fourth-order valence-electron chi connectivity index (χ4n) is 3.55. The van der Waals surface area contributed by atoms with Crippen molar-refractivity contribution < 1.29 is 8.77 Å². The van der Waals surface area contributed by atoms with Gasteiger partial charge in [-0.1, -0.05) is 78.4 Å². The van der Waals surface area contributed by atoms with Crippen molar-refractivity contribution in [3.63, 3.8) is 0 Å². The molecule has 0 aromatic heterocycles. The molecule has 0 aliphatic carbocycles. The van der Waals surface area contributed by atoms with Gasteiger partial charge >= 0.3 is 0 Å². The number of nitrogens with zero attached hydrogens (tertiary/aromatic N) is 1. The van der Waals surface area contributed by atoms with Gasteiger partial charge in [0.05, 0.1) is 4.90 Å². The third-order valence-corrected chi connectivity index (χ3v) is 10.4.